The van der Waals surface area contributed by atoms with Gasteiger partial charge in [-0.1, -0.05) is 6.08 Å². The van der Waals surface area contributed by atoms with Gasteiger partial charge in [-0.15, -0.1) is 11.8 Å². The fourth-order valence-electron chi connectivity index (χ4n) is 0.413. The molecule has 52 valence electrons. The minimum atomic E-state index is 1.27. The van der Waals surface area contributed by atoms with E-state index in [9.17, 15) is 0 Å². The molecule has 9 heavy (non-hydrogen) atoms. The molecule has 0 aliphatic heterocycles. The van der Waals surface area contributed by atoms with Crippen LogP contribution < -0.4 is 5.32 Å². The summed E-state index contributed by atoms with van der Waals surface area (Å²) in [5.74, 6) is 0. The molecule has 0 bridgehead atoms. The van der Waals surface area contributed by atoms with E-state index >= 15 is 0 Å². The zero-order valence-corrected chi connectivity index (χ0v) is 6.96. The number of nitrogens with one attached hydrogen (secondary N) is 1. The molecule has 1 nitrogen and oxygen atoms in total. The second-order valence-electron chi connectivity index (χ2n) is 1.63. The van der Waals surface area contributed by atoms with E-state index in [2.05, 4.69) is 17.6 Å². The van der Waals surface area contributed by atoms with Crippen LogP contribution in [0.1, 0.15) is 13.8 Å². The fourth-order valence-corrected chi connectivity index (χ4v) is 0.949. The number of hydrogen-bond acceptors (Lipinski definition) is 2. The van der Waals surface area contributed by atoms with Gasteiger partial charge in [0.2, 0.25) is 0 Å². The van der Waals surface area contributed by atoms with Gasteiger partial charge in [-0.3, -0.25) is 0 Å². The third-order valence-electron chi connectivity index (χ3n) is 0.738. The number of hydrogen-bond donors (Lipinski definition) is 1. The second-order valence-corrected chi connectivity index (χ2v) is 2.78. The molecule has 0 unspecified atom stereocenters. The van der Waals surface area contributed by atoms with Gasteiger partial charge >= 0.3 is 0 Å². The Morgan fingerprint density at radius 2 is 2.22 bits per heavy atom. The van der Waals surface area contributed by atoms with Crippen molar-refractivity contribution in [2.24, 2.45) is 0 Å². The lowest BCUT2D eigenvalue weighted by Gasteiger charge is -1.92. The maximum Gasteiger partial charge on any atom is 0.00587 e. The van der Waals surface area contributed by atoms with Crippen LogP contribution in [-0.2, 0) is 0 Å². The van der Waals surface area contributed by atoms with Gasteiger partial charge in [0.05, 0.1) is 0 Å². The van der Waals surface area contributed by atoms with Crippen molar-refractivity contribution in [2.45, 2.75) is 13.8 Å². The average Bonchev–Trinajstić information content (AvgIpc) is 1.85. The maximum atomic E-state index is 2.96. The molecule has 0 aromatic carbocycles. The number of rotatable bonds is 3. The largest absolute Gasteiger partial charge is 0.393 e. The van der Waals surface area contributed by atoms with E-state index in [1.54, 1.807) is 11.8 Å². The Labute approximate surface area is 61.2 Å². The molecule has 0 heterocycles. The summed E-state index contributed by atoms with van der Waals surface area (Å²) in [4.78, 5) is 1.27. The molecule has 0 amide bonds. The van der Waals surface area contributed by atoms with Crippen molar-refractivity contribution in [3.8, 4) is 0 Å². The van der Waals surface area contributed by atoms with Crippen LogP contribution in [0.3, 0.4) is 0 Å². The van der Waals surface area contributed by atoms with Crippen molar-refractivity contribution in [1.82, 2.24) is 5.32 Å². The van der Waals surface area contributed by atoms with Gasteiger partial charge in [0.1, 0.15) is 0 Å². The van der Waals surface area contributed by atoms with Gasteiger partial charge in [-0.05, 0) is 19.3 Å². The van der Waals surface area contributed by atoms with E-state index in [4.69, 9.17) is 0 Å². The Bertz CT molecular complexity index is 116. The van der Waals surface area contributed by atoms with Crippen LogP contribution in [0.5, 0.6) is 0 Å². The molecule has 0 saturated heterocycles. The maximum absolute atomic E-state index is 2.96. The van der Waals surface area contributed by atoms with Crippen LogP contribution in [-0.4, -0.2) is 7.05 Å². The highest BCUT2D eigenvalue weighted by Gasteiger charge is 1.80. The Hall–Kier alpha value is -0.370. The first-order valence-electron chi connectivity index (χ1n) is 2.93. The highest BCUT2D eigenvalue weighted by Crippen LogP contribution is 2.13. The molecule has 0 atom stereocenters. The van der Waals surface area contributed by atoms with Crippen LogP contribution in [0.2, 0.25) is 0 Å². The van der Waals surface area contributed by atoms with Crippen molar-refractivity contribution < 1.29 is 0 Å². The minimum absolute atomic E-state index is 1.27. The molecule has 0 saturated carbocycles. The highest BCUT2D eigenvalue weighted by molar-refractivity contribution is 8.05. The molecule has 0 aromatic rings. The number of allylic oxidation sites excluding steroid dienone is 2. The normalized spacial score (nSPS) is 12.6. The van der Waals surface area contributed by atoms with Crippen molar-refractivity contribution in [1.29, 1.82) is 0 Å². The van der Waals surface area contributed by atoms with E-state index in [1.807, 2.05) is 26.2 Å². The number of thioether (sulfide) groups is 1. The lowest BCUT2D eigenvalue weighted by Crippen LogP contribution is -1.91. The lowest BCUT2D eigenvalue weighted by molar-refractivity contribution is 1.09. The summed E-state index contributed by atoms with van der Waals surface area (Å²) in [5, 5.41) is 5.02. The molecule has 0 spiro atoms. The zero-order chi connectivity index (χ0) is 7.11. The summed E-state index contributed by atoms with van der Waals surface area (Å²) in [5.41, 5.74) is 0. The van der Waals surface area contributed by atoms with Gasteiger partial charge in [-0.2, -0.15) is 0 Å². The van der Waals surface area contributed by atoms with Crippen molar-refractivity contribution in [3.63, 3.8) is 0 Å². The summed E-state index contributed by atoms with van der Waals surface area (Å²) in [6.07, 6.45) is 4.00. The Balaban J connectivity index is 3.49. The van der Waals surface area contributed by atoms with Gasteiger partial charge < -0.3 is 5.32 Å². The van der Waals surface area contributed by atoms with Gasteiger partial charge in [0.15, 0.2) is 0 Å². The first-order valence-corrected chi connectivity index (χ1v) is 3.81. The lowest BCUT2D eigenvalue weighted by atomic mass is 10.7. The summed E-state index contributed by atoms with van der Waals surface area (Å²) in [6.45, 7) is 4.08. The molecule has 1 N–H and O–H groups in total. The predicted octanol–water partition coefficient (Wildman–Crippen LogP) is 2.33. The van der Waals surface area contributed by atoms with Crippen LogP contribution in [0.15, 0.2) is 22.6 Å². The van der Waals surface area contributed by atoms with Gasteiger partial charge in [0, 0.05) is 18.2 Å². The Morgan fingerprint density at radius 3 is 2.67 bits per heavy atom. The van der Waals surface area contributed by atoms with Crippen LogP contribution >= 0.6 is 11.8 Å². The Morgan fingerprint density at radius 1 is 1.56 bits per heavy atom. The van der Waals surface area contributed by atoms with Crippen molar-refractivity contribution in [2.75, 3.05) is 7.05 Å². The average molecular weight is 143 g/mol. The predicted molar refractivity (Wildman–Crippen MR) is 45.2 cm³/mol. The van der Waals surface area contributed by atoms with Gasteiger partial charge in [0.25, 0.3) is 0 Å². The summed E-state index contributed by atoms with van der Waals surface area (Å²) in [7, 11) is 1.90. The molecule has 0 fully saturated rings. The molecule has 0 radical (unpaired) electrons. The summed E-state index contributed by atoms with van der Waals surface area (Å²) in [6, 6.07) is 0. The standard InChI is InChI=1S/C7H13NS/c1-4-5-9-7(2)6-8-3/h4-6,8H,1-3H3/b5-4+,7-6-. The topological polar surface area (TPSA) is 12.0 Å². The van der Waals surface area contributed by atoms with E-state index in [0.717, 1.165) is 0 Å². The first-order chi connectivity index (χ1) is 4.31. The van der Waals surface area contributed by atoms with E-state index in [-0.39, 0.29) is 0 Å². The summed E-state index contributed by atoms with van der Waals surface area (Å²) < 4.78 is 0. The SMILES string of the molecule is C/C=C/S/C(C)=C\NC. The summed E-state index contributed by atoms with van der Waals surface area (Å²) >= 11 is 1.72. The Kier molecular flexibility index (Phi) is 5.52. The van der Waals surface area contributed by atoms with Crippen LogP contribution in [0.4, 0.5) is 0 Å². The van der Waals surface area contributed by atoms with Crippen LogP contribution in [0.25, 0.3) is 0 Å². The zero-order valence-electron chi connectivity index (χ0n) is 6.14. The highest BCUT2D eigenvalue weighted by atomic mass is 32.2. The monoisotopic (exact) mass is 143 g/mol. The van der Waals surface area contributed by atoms with Crippen molar-refractivity contribution in [3.05, 3.63) is 22.6 Å². The van der Waals surface area contributed by atoms with E-state index in [1.165, 1.54) is 4.91 Å². The van der Waals surface area contributed by atoms with Crippen LogP contribution in [0, 0.1) is 0 Å². The van der Waals surface area contributed by atoms with Gasteiger partial charge in [-0.25, -0.2) is 0 Å². The molecule has 0 aliphatic carbocycles. The minimum Gasteiger partial charge on any atom is -0.393 e. The first kappa shape index (κ1) is 8.63. The third kappa shape index (κ3) is 5.50. The molecule has 2 heteroatoms. The molecular weight excluding hydrogens is 130 g/mol. The molecule has 0 rings (SSSR count). The molecule has 0 aromatic heterocycles. The second kappa shape index (κ2) is 5.76. The third-order valence-corrected chi connectivity index (χ3v) is 1.64. The quantitative estimate of drug-likeness (QED) is 0.650. The van der Waals surface area contributed by atoms with E-state index < -0.39 is 0 Å². The molecular formula is C7H13NS. The van der Waals surface area contributed by atoms with E-state index in [0.29, 0.717) is 0 Å². The van der Waals surface area contributed by atoms with Crippen molar-refractivity contribution >= 4 is 11.8 Å². The molecule has 0 aliphatic rings. The smallest absolute Gasteiger partial charge is 0.00587 e. The fraction of sp³-hybridized carbons (Fsp3) is 0.429.